The molecule has 0 rings (SSSR count). The SMILES string of the molecule is CC(C)(C)C(=O)[S][Sn]([CH3])([CH3])[CH3]. The van der Waals surface area contributed by atoms with E-state index in [2.05, 4.69) is 14.8 Å². The Bertz CT molecular complexity index is 152. The normalized spacial score (nSPS) is 13.3. The maximum atomic E-state index is 11.5. The van der Waals surface area contributed by atoms with Gasteiger partial charge in [-0.05, 0) is 0 Å². The van der Waals surface area contributed by atoms with Gasteiger partial charge in [-0.3, -0.25) is 0 Å². The van der Waals surface area contributed by atoms with Gasteiger partial charge in [0, 0.05) is 0 Å². The predicted molar refractivity (Wildman–Crippen MR) is 55.4 cm³/mol. The van der Waals surface area contributed by atoms with Crippen molar-refractivity contribution in [3.8, 4) is 0 Å². The molecule has 0 aliphatic carbocycles. The average Bonchev–Trinajstić information content (AvgIpc) is 1.56. The maximum absolute atomic E-state index is 11.5. The van der Waals surface area contributed by atoms with Crippen LogP contribution in [-0.4, -0.2) is 22.1 Å². The fraction of sp³-hybridized carbons (Fsp3) is 0.875. The summed E-state index contributed by atoms with van der Waals surface area (Å²) < 4.78 is 0. The van der Waals surface area contributed by atoms with Gasteiger partial charge < -0.3 is 0 Å². The fourth-order valence-electron chi connectivity index (χ4n) is 0.431. The minimum atomic E-state index is -1.93. The van der Waals surface area contributed by atoms with Crippen molar-refractivity contribution >= 4 is 31.1 Å². The average molecular weight is 281 g/mol. The number of carbonyl (C=O) groups excluding carboxylic acids is 1. The zero-order valence-corrected chi connectivity index (χ0v) is 12.0. The van der Waals surface area contributed by atoms with Crippen LogP contribution in [-0.2, 0) is 4.79 Å². The Morgan fingerprint density at radius 2 is 1.55 bits per heavy atom. The van der Waals surface area contributed by atoms with Gasteiger partial charge in [-0.2, -0.15) is 0 Å². The molecule has 0 aromatic rings. The van der Waals surface area contributed by atoms with Crippen LogP contribution >= 0.6 is 8.95 Å². The van der Waals surface area contributed by atoms with E-state index in [0.717, 1.165) is 0 Å². The van der Waals surface area contributed by atoms with Gasteiger partial charge in [0.05, 0.1) is 0 Å². The zero-order valence-electron chi connectivity index (χ0n) is 8.32. The second-order valence-corrected chi connectivity index (χ2v) is 27.3. The van der Waals surface area contributed by atoms with Gasteiger partial charge >= 0.3 is 76.9 Å². The molecule has 66 valence electrons. The molecule has 0 saturated carbocycles. The van der Waals surface area contributed by atoms with Gasteiger partial charge in [-0.25, -0.2) is 0 Å². The van der Waals surface area contributed by atoms with E-state index < -0.39 is 17.0 Å². The molecule has 0 aromatic carbocycles. The van der Waals surface area contributed by atoms with Crippen molar-refractivity contribution in [2.75, 3.05) is 0 Å². The van der Waals surface area contributed by atoms with Crippen molar-refractivity contribution in [1.29, 1.82) is 0 Å². The van der Waals surface area contributed by atoms with Crippen LogP contribution in [0.5, 0.6) is 0 Å². The molecule has 0 radical (unpaired) electrons. The Kier molecular flexibility index (Phi) is 3.96. The molecule has 0 unspecified atom stereocenters. The number of hydrogen-bond donors (Lipinski definition) is 0. The molecule has 0 aromatic heterocycles. The van der Waals surface area contributed by atoms with E-state index in [9.17, 15) is 4.79 Å². The minimum absolute atomic E-state index is 0.158. The Hall–Kier alpha value is 0.819. The van der Waals surface area contributed by atoms with Crippen molar-refractivity contribution < 1.29 is 4.79 Å². The van der Waals surface area contributed by atoms with Crippen LogP contribution < -0.4 is 0 Å². The Balaban J connectivity index is 4.11. The van der Waals surface area contributed by atoms with E-state index in [-0.39, 0.29) is 5.41 Å². The third-order valence-electron chi connectivity index (χ3n) is 1.01. The van der Waals surface area contributed by atoms with Crippen LogP contribution in [0.15, 0.2) is 0 Å². The summed E-state index contributed by atoms with van der Waals surface area (Å²) >= 11 is -1.93. The van der Waals surface area contributed by atoms with Crippen molar-refractivity contribution in [1.82, 2.24) is 0 Å². The third kappa shape index (κ3) is 6.02. The van der Waals surface area contributed by atoms with E-state index in [1.165, 1.54) is 0 Å². The number of rotatable bonds is 1. The summed E-state index contributed by atoms with van der Waals surface area (Å²) in [5.41, 5.74) is -0.158. The molecule has 0 aliphatic rings. The molecule has 0 heterocycles. The van der Waals surface area contributed by atoms with Gasteiger partial charge in [0.25, 0.3) is 0 Å². The molecule has 0 spiro atoms. The Labute approximate surface area is 76.6 Å². The Morgan fingerprint density at radius 1 is 1.18 bits per heavy atom. The van der Waals surface area contributed by atoms with Crippen molar-refractivity contribution in [2.45, 2.75) is 35.6 Å². The molecule has 1 nitrogen and oxygen atoms in total. The van der Waals surface area contributed by atoms with E-state index in [4.69, 9.17) is 0 Å². The molecule has 0 saturated heterocycles. The van der Waals surface area contributed by atoms with E-state index >= 15 is 0 Å². The zero-order chi connectivity index (χ0) is 9.28. The molecule has 0 fully saturated rings. The van der Waals surface area contributed by atoms with Gasteiger partial charge in [-0.1, -0.05) is 0 Å². The van der Waals surface area contributed by atoms with Crippen LogP contribution in [0.3, 0.4) is 0 Å². The first-order chi connectivity index (χ1) is 4.63. The van der Waals surface area contributed by atoms with Crippen molar-refractivity contribution in [3.63, 3.8) is 0 Å². The topological polar surface area (TPSA) is 17.1 Å². The van der Waals surface area contributed by atoms with E-state index in [1.54, 1.807) is 8.95 Å². The standard InChI is InChI=1S/C5H10OS.3CH3.Sn/c1-5(2,3)4(6)7;;;;/h1-3H3,(H,6,7);3*1H3;/q;;;;+1/p-1. The molecule has 11 heavy (non-hydrogen) atoms. The summed E-state index contributed by atoms with van der Waals surface area (Å²) in [5, 5.41) is 0.362. The second-order valence-electron chi connectivity index (χ2n) is 4.75. The second kappa shape index (κ2) is 3.69. The van der Waals surface area contributed by atoms with Crippen LogP contribution in [0.4, 0.5) is 0 Å². The molecule has 3 heteroatoms. The first-order valence-electron chi connectivity index (χ1n) is 3.86. The monoisotopic (exact) mass is 282 g/mol. The predicted octanol–water partition coefficient (Wildman–Crippen LogP) is 3.13. The summed E-state index contributed by atoms with van der Waals surface area (Å²) in [6.45, 7) is 5.96. The molecule has 0 aliphatic heterocycles. The fourth-order valence-corrected chi connectivity index (χ4v) is 8.68. The van der Waals surface area contributed by atoms with Crippen molar-refractivity contribution in [3.05, 3.63) is 0 Å². The van der Waals surface area contributed by atoms with Crippen LogP contribution in [0.2, 0.25) is 14.8 Å². The third-order valence-corrected chi connectivity index (χ3v) is 9.25. The summed E-state index contributed by atoms with van der Waals surface area (Å²) in [4.78, 5) is 18.3. The quantitative estimate of drug-likeness (QED) is 0.687. The summed E-state index contributed by atoms with van der Waals surface area (Å²) in [7, 11) is 1.63. The van der Waals surface area contributed by atoms with Crippen LogP contribution in [0.25, 0.3) is 0 Å². The number of hydrogen-bond acceptors (Lipinski definition) is 2. The number of carbonyl (C=O) groups is 1. The molecular weight excluding hydrogens is 263 g/mol. The van der Waals surface area contributed by atoms with Gasteiger partial charge in [-0.15, -0.1) is 0 Å². The van der Waals surface area contributed by atoms with E-state index in [1.807, 2.05) is 20.8 Å². The molecular formula is C8H18OSSn. The molecule has 0 atom stereocenters. The van der Waals surface area contributed by atoms with Crippen molar-refractivity contribution in [2.24, 2.45) is 5.41 Å². The summed E-state index contributed by atoms with van der Waals surface area (Å²) in [6, 6.07) is 0. The first-order valence-corrected chi connectivity index (χ1v) is 16.7. The molecule has 0 amide bonds. The molecule has 0 N–H and O–H groups in total. The van der Waals surface area contributed by atoms with Gasteiger partial charge in [0.1, 0.15) is 0 Å². The summed E-state index contributed by atoms with van der Waals surface area (Å²) in [5.74, 6) is 0. The molecule has 0 bridgehead atoms. The van der Waals surface area contributed by atoms with Crippen LogP contribution in [0, 0.1) is 5.41 Å². The van der Waals surface area contributed by atoms with E-state index in [0.29, 0.717) is 5.12 Å². The summed E-state index contributed by atoms with van der Waals surface area (Å²) in [6.07, 6.45) is 0. The van der Waals surface area contributed by atoms with Crippen LogP contribution in [0.1, 0.15) is 20.8 Å². The van der Waals surface area contributed by atoms with Gasteiger partial charge in [0.15, 0.2) is 0 Å². The Morgan fingerprint density at radius 3 is 1.64 bits per heavy atom. The first kappa shape index (κ1) is 11.8. The van der Waals surface area contributed by atoms with Gasteiger partial charge in [0.2, 0.25) is 0 Å².